The Hall–Kier alpha value is -2.42. The van der Waals surface area contributed by atoms with E-state index in [0.29, 0.717) is 29.5 Å². The van der Waals surface area contributed by atoms with Crippen LogP contribution in [0.25, 0.3) is 0 Å². The summed E-state index contributed by atoms with van der Waals surface area (Å²) in [5.41, 5.74) is 2.83. The molecule has 20 heavy (non-hydrogen) atoms. The molecule has 0 N–H and O–H groups in total. The maximum atomic E-state index is 12.6. The first kappa shape index (κ1) is 12.6. The van der Waals surface area contributed by atoms with Gasteiger partial charge in [-0.2, -0.15) is 0 Å². The zero-order valence-corrected chi connectivity index (χ0v) is 11.2. The molecule has 1 aliphatic rings. The Morgan fingerprint density at radius 1 is 1.05 bits per heavy atom. The molecule has 0 aromatic heterocycles. The molecule has 0 atom stereocenters. The summed E-state index contributed by atoms with van der Waals surface area (Å²) >= 11 is 0. The van der Waals surface area contributed by atoms with Gasteiger partial charge in [-0.1, -0.05) is 18.2 Å². The summed E-state index contributed by atoms with van der Waals surface area (Å²) in [4.78, 5) is 24.3. The van der Waals surface area contributed by atoms with Crippen molar-refractivity contribution in [2.24, 2.45) is 0 Å². The van der Waals surface area contributed by atoms with Crippen molar-refractivity contribution in [1.29, 1.82) is 0 Å². The molecule has 0 saturated heterocycles. The molecule has 3 nitrogen and oxygen atoms in total. The molecule has 2 aromatic carbocycles. The van der Waals surface area contributed by atoms with Gasteiger partial charge in [0.1, 0.15) is 5.75 Å². The zero-order chi connectivity index (χ0) is 14.1. The highest BCUT2D eigenvalue weighted by Crippen LogP contribution is 2.27. The molecule has 0 radical (unpaired) electrons. The number of hydrogen-bond donors (Lipinski definition) is 0. The van der Waals surface area contributed by atoms with Gasteiger partial charge in [0.15, 0.2) is 11.6 Å². The number of hydrogen-bond acceptors (Lipinski definition) is 3. The van der Waals surface area contributed by atoms with Gasteiger partial charge in [-0.05, 0) is 36.2 Å². The van der Waals surface area contributed by atoms with Gasteiger partial charge in [0, 0.05) is 23.1 Å². The lowest BCUT2D eigenvalue weighted by atomic mass is 9.96. The summed E-state index contributed by atoms with van der Waals surface area (Å²) in [6.07, 6.45) is 1.16. The summed E-state index contributed by atoms with van der Waals surface area (Å²) in [5.74, 6) is 0.804. The van der Waals surface area contributed by atoms with E-state index in [2.05, 4.69) is 0 Å². The third-order valence-corrected chi connectivity index (χ3v) is 3.68. The van der Waals surface area contributed by atoms with Gasteiger partial charge >= 0.3 is 0 Å². The molecule has 0 aliphatic heterocycles. The van der Waals surface area contributed by atoms with Crippen LogP contribution < -0.4 is 4.74 Å². The molecule has 0 unspecified atom stereocenters. The van der Waals surface area contributed by atoms with Crippen molar-refractivity contribution in [3.05, 3.63) is 64.7 Å². The second kappa shape index (κ2) is 4.93. The maximum absolute atomic E-state index is 12.6. The summed E-state index contributed by atoms with van der Waals surface area (Å²) in [6.45, 7) is 0. The van der Waals surface area contributed by atoms with Crippen molar-refractivity contribution in [1.82, 2.24) is 0 Å². The molecular weight excluding hydrogens is 252 g/mol. The minimum atomic E-state index is -0.0424. The van der Waals surface area contributed by atoms with Gasteiger partial charge in [-0.3, -0.25) is 9.59 Å². The Morgan fingerprint density at radius 3 is 2.50 bits per heavy atom. The van der Waals surface area contributed by atoms with E-state index in [1.165, 1.54) is 0 Å². The van der Waals surface area contributed by atoms with Crippen LogP contribution >= 0.6 is 0 Å². The van der Waals surface area contributed by atoms with E-state index in [9.17, 15) is 9.59 Å². The molecule has 0 saturated carbocycles. The number of carbonyl (C=O) groups excluding carboxylic acids is 2. The highest BCUT2D eigenvalue weighted by atomic mass is 16.5. The summed E-state index contributed by atoms with van der Waals surface area (Å²) in [6, 6.07) is 12.4. The van der Waals surface area contributed by atoms with Crippen LogP contribution in [-0.4, -0.2) is 18.7 Å². The molecule has 0 amide bonds. The summed E-state index contributed by atoms with van der Waals surface area (Å²) in [7, 11) is 1.59. The Bertz CT molecular complexity index is 684. The number of ketones is 2. The van der Waals surface area contributed by atoms with E-state index in [-0.39, 0.29) is 11.6 Å². The Morgan fingerprint density at radius 2 is 1.80 bits per heavy atom. The van der Waals surface area contributed by atoms with Crippen molar-refractivity contribution in [3.8, 4) is 5.75 Å². The molecule has 0 spiro atoms. The molecule has 0 bridgehead atoms. The van der Waals surface area contributed by atoms with Crippen LogP contribution in [0, 0.1) is 0 Å². The monoisotopic (exact) mass is 266 g/mol. The molecule has 3 rings (SSSR count). The lowest BCUT2D eigenvalue weighted by Gasteiger charge is -2.07. The van der Waals surface area contributed by atoms with Crippen LogP contribution in [-0.2, 0) is 6.42 Å². The number of benzene rings is 2. The molecule has 1 aliphatic carbocycles. The number of ether oxygens (including phenoxy) is 1. The van der Waals surface area contributed by atoms with Crippen molar-refractivity contribution in [3.63, 3.8) is 0 Å². The van der Waals surface area contributed by atoms with Crippen LogP contribution in [0.1, 0.15) is 38.3 Å². The first-order chi connectivity index (χ1) is 9.70. The second-order valence-corrected chi connectivity index (χ2v) is 4.81. The average Bonchev–Trinajstić information content (AvgIpc) is 2.88. The molecule has 2 aromatic rings. The van der Waals surface area contributed by atoms with Crippen molar-refractivity contribution >= 4 is 11.6 Å². The van der Waals surface area contributed by atoms with Gasteiger partial charge in [-0.25, -0.2) is 0 Å². The van der Waals surface area contributed by atoms with E-state index in [0.717, 1.165) is 11.3 Å². The number of methoxy groups -OCH3 is 1. The fraction of sp³-hybridized carbons (Fsp3) is 0.176. The Balaban J connectivity index is 2.01. The van der Waals surface area contributed by atoms with Gasteiger partial charge in [0.05, 0.1) is 7.11 Å². The Kier molecular flexibility index (Phi) is 3.11. The first-order valence-electron chi connectivity index (χ1n) is 6.54. The highest BCUT2D eigenvalue weighted by Gasteiger charge is 2.24. The van der Waals surface area contributed by atoms with E-state index in [1.54, 1.807) is 49.6 Å². The van der Waals surface area contributed by atoms with Gasteiger partial charge in [-0.15, -0.1) is 0 Å². The maximum Gasteiger partial charge on any atom is 0.193 e. The normalized spacial score (nSPS) is 13.2. The average molecular weight is 266 g/mol. The fourth-order valence-corrected chi connectivity index (χ4v) is 2.60. The van der Waals surface area contributed by atoms with E-state index in [1.807, 2.05) is 0 Å². The third-order valence-electron chi connectivity index (χ3n) is 3.68. The zero-order valence-electron chi connectivity index (χ0n) is 11.2. The van der Waals surface area contributed by atoms with Crippen LogP contribution in [0.15, 0.2) is 42.5 Å². The van der Waals surface area contributed by atoms with Crippen LogP contribution in [0.3, 0.4) is 0 Å². The molecule has 0 fully saturated rings. The number of fused-ring (bicyclic) bond motifs is 1. The van der Waals surface area contributed by atoms with E-state index < -0.39 is 0 Å². The molecule has 0 heterocycles. The smallest absolute Gasteiger partial charge is 0.193 e. The highest BCUT2D eigenvalue weighted by molar-refractivity contribution is 6.13. The first-order valence-corrected chi connectivity index (χ1v) is 6.54. The quantitative estimate of drug-likeness (QED) is 0.802. The minimum absolute atomic E-state index is 0.0424. The standard InChI is InChI=1S/C17H14O3/c1-20-12-7-5-11(6-8-12)17(19)15-4-2-3-14-13(15)9-10-16(14)18/h2-8H,9-10H2,1H3. The van der Waals surface area contributed by atoms with Gasteiger partial charge < -0.3 is 4.74 Å². The lowest BCUT2D eigenvalue weighted by Crippen LogP contribution is -2.05. The fourth-order valence-electron chi connectivity index (χ4n) is 2.60. The van der Waals surface area contributed by atoms with Crippen LogP contribution in [0.2, 0.25) is 0 Å². The SMILES string of the molecule is COc1ccc(C(=O)c2cccc3c2CCC3=O)cc1. The van der Waals surface area contributed by atoms with Gasteiger partial charge in [0.25, 0.3) is 0 Å². The summed E-state index contributed by atoms with van der Waals surface area (Å²) in [5, 5.41) is 0. The van der Waals surface area contributed by atoms with Crippen LogP contribution in [0.4, 0.5) is 0 Å². The van der Waals surface area contributed by atoms with Crippen molar-refractivity contribution in [2.45, 2.75) is 12.8 Å². The lowest BCUT2D eigenvalue weighted by molar-refractivity contribution is 0.0993. The van der Waals surface area contributed by atoms with Gasteiger partial charge in [0.2, 0.25) is 0 Å². The van der Waals surface area contributed by atoms with E-state index in [4.69, 9.17) is 4.74 Å². The number of rotatable bonds is 3. The summed E-state index contributed by atoms with van der Waals surface area (Å²) < 4.78 is 5.09. The number of Topliss-reactive ketones (excluding diaryl/α,β-unsaturated/α-hetero) is 1. The third kappa shape index (κ3) is 2.01. The topological polar surface area (TPSA) is 43.4 Å². The van der Waals surface area contributed by atoms with E-state index >= 15 is 0 Å². The predicted molar refractivity (Wildman–Crippen MR) is 75.5 cm³/mol. The number of carbonyl (C=O) groups is 2. The molecule has 3 heteroatoms. The minimum Gasteiger partial charge on any atom is -0.497 e. The Labute approximate surface area is 117 Å². The van der Waals surface area contributed by atoms with Crippen molar-refractivity contribution in [2.75, 3.05) is 7.11 Å². The van der Waals surface area contributed by atoms with Crippen molar-refractivity contribution < 1.29 is 14.3 Å². The largest absolute Gasteiger partial charge is 0.497 e. The second-order valence-electron chi connectivity index (χ2n) is 4.81. The molecular formula is C17H14O3. The van der Waals surface area contributed by atoms with Crippen LogP contribution in [0.5, 0.6) is 5.75 Å². The predicted octanol–water partition coefficient (Wildman–Crippen LogP) is 3.06. The molecule has 100 valence electrons.